The Balaban J connectivity index is 2.34. The van der Waals surface area contributed by atoms with Crippen LogP contribution in [-0.2, 0) is 4.79 Å². The fourth-order valence-corrected chi connectivity index (χ4v) is 2.74. The van der Waals surface area contributed by atoms with E-state index in [9.17, 15) is 4.79 Å². The Kier molecular flexibility index (Phi) is 7.22. The smallest absolute Gasteiger partial charge is 0.222 e. The van der Waals surface area contributed by atoms with Crippen LogP contribution < -0.4 is 0 Å². The van der Waals surface area contributed by atoms with Crippen molar-refractivity contribution in [3.8, 4) is 0 Å². The van der Waals surface area contributed by atoms with E-state index in [1.54, 1.807) is 4.90 Å². The maximum atomic E-state index is 12.0. The molecule has 1 fully saturated rings. The molecule has 0 saturated heterocycles. The van der Waals surface area contributed by atoms with E-state index in [1.807, 2.05) is 0 Å². The lowest BCUT2D eigenvalue weighted by molar-refractivity contribution is -0.132. The summed E-state index contributed by atoms with van der Waals surface area (Å²) in [5.41, 5.74) is 0. The minimum absolute atomic E-state index is 0.230. The van der Waals surface area contributed by atoms with Crippen molar-refractivity contribution in [1.82, 2.24) is 4.90 Å². The lowest BCUT2D eigenvalue weighted by Crippen LogP contribution is -2.35. The highest BCUT2D eigenvalue weighted by Gasteiger charge is 2.20. The van der Waals surface area contributed by atoms with E-state index in [0.717, 1.165) is 0 Å². The molecule has 1 saturated carbocycles. The molecule has 0 atom stereocenters. The van der Waals surface area contributed by atoms with Gasteiger partial charge in [-0.2, -0.15) is 0 Å². The molecule has 0 aromatic rings. The average Bonchev–Trinajstić information content (AvgIpc) is 2.30. The molecule has 1 aliphatic carbocycles. The first-order valence-electron chi connectivity index (χ1n) is 6.17. The van der Waals surface area contributed by atoms with Crippen molar-refractivity contribution in [2.75, 3.05) is 24.8 Å². The van der Waals surface area contributed by atoms with Crippen LogP contribution in [0, 0.1) is 5.92 Å². The molecule has 0 bridgehead atoms. The van der Waals surface area contributed by atoms with Crippen LogP contribution in [0.2, 0.25) is 0 Å². The van der Waals surface area contributed by atoms with Crippen molar-refractivity contribution < 1.29 is 4.79 Å². The summed E-state index contributed by atoms with van der Waals surface area (Å²) in [7, 11) is 0. The Hall–Kier alpha value is 0.0500. The summed E-state index contributed by atoms with van der Waals surface area (Å²) < 4.78 is 0. The van der Waals surface area contributed by atoms with Crippen molar-refractivity contribution >= 4 is 29.1 Å². The van der Waals surface area contributed by atoms with Gasteiger partial charge in [0.05, 0.1) is 0 Å². The zero-order valence-corrected chi connectivity index (χ0v) is 11.3. The second-order valence-electron chi connectivity index (χ2n) is 4.47. The second kappa shape index (κ2) is 8.19. The van der Waals surface area contributed by atoms with E-state index in [-0.39, 0.29) is 5.91 Å². The molecule has 94 valence electrons. The van der Waals surface area contributed by atoms with Crippen LogP contribution in [0.3, 0.4) is 0 Å². The maximum absolute atomic E-state index is 12.0. The summed E-state index contributed by atoms with van der Waals surface area (Å²) in [4.78, 5) is 13.8. The van der Waals surface area contributed by atoms with E-state index in [4.69, 9.17) is 23.2 Å². The molecule has 0 unspecified atom stereocenters. The van der Waals surface area contributed by atoms with E-state index < -0.39 is 0 Å². The van der Waals surface area contributed by atoms with Gasteiger partial charge in [0, 0.05) is 31.3 Å². The number of hydrogen-bond donors (Lipinski definition) is 0. The normalized spacial score (nSPS) is 17.4. The SMILES string of the molecule is O=C(CC1CCCCC1)N(CCCl)CCCl. The fraction of sp³-hybridized carbons (Fsp3) is 0.917. The molecule has 1 amide bonds. The van der Waals surface area contributed by atoms with Crippen molar-refractivity contribution in [3.05, 3.63) is 0 Å². The first-order valence-corrected chi connectivity index (χ1v) is 7.24. The Morgan fingerprint density at radius 2 is 1.62 bits per heavy atom. The van der Waals surface area contributed by atoms with Crippen molar-refractivity contribution in [1.29, 1.82) is 0 Å². The van der Waals surface area contributed by atoms with E-state index in [0.29, 0.717) is 37.2 Å². The van der Waals surface area contributed by atoms with Crippen molar-refractivity contribution in [3.63, 3.8) is 0 Å². The quantitative estimate of drug-likeness (QED) is 0.676. The Labute approximate surface area is 108 Å². The van der Waals surface area contributed by atoms with Gasteiger partial charge < -0.3 is 4.90 Å². The van der Waals surface area contributed by atoms with Crippen LogP contribution in [0.1, 0.15) is 38.5 Å². The van der Waals surface area contributed by atoms with Crippen LogP contribution in [0.25, 0.3) is 0 Å². The number of carbonyl (C=O) groups is 1. The summed E-state index contributed by atoms with van der Waals surface area (Å²) in [6, 6.07) is 0. The second-order valence-corrected chi connectivity index (χ2v) is 5.22. The zero-order chi connectivity index (χ0) is 11.8. The Bertz CT molecular complexity index is 199. The van der Waals surface area contributed by atoms with Crippen LogP contribution in [0.15, 0.2) is 0 Å². The number of alkyl halides is 2. The molecule has 0 spiro atoms. The van der Waals surface area contributed by atoms with E-state index in [2.05, 4.69) is 0 Å². The third-order valence-corrected chi connectivity index (χ3v) is 3.59. The standard InChI is InChI=1S/C12H21Cl2NO/c13-6-8-15(9-7-14)12(16)10-11-4-2-1-3-5-11/h11H,1-10H2. The minimum atomic E-state index is 0.230. The van der Waals surface area contributed by atoms with Gasteiger partial charge in [0.25, 0.3) is 0 Å². The molecule has 0 N–H and O–H groups in total. The largest absolute Gasteiger partial charge is 0.340 e. The Morgan fingerprint density at radius 1 is 1.06 bits per heavy atom. The molecule has 0 aromatic carbocycles. The molecular formula is C12H21Cl2NO. The van der Waals surface area contributed by atoms with Gasteiger partial charge in [-0.25, -0.2) is 0 Å². The molecule has 0 heterocycles. The number of halogens is 2. The van der Waals surface area contributed by atoms with Gasteiger partial charge in [-0.1, -0.05) is 19.3 Å². The zero-order valence-electron chi connectivity index (χ0n) is 9.76. The van der Waals surface area contributed by atoms with Crippen LogP contribution in [0.4, 0.5) is 0 Å². The van der Waals surface area contributed by atoms with Gasteiger partial charge in [0.1, 0.15) is 0 Å². The molecular weight excluding hydrogens is 245 g/mol. The topological polar surface area (TPSA) is 20.3 Å². The van der Waals surface area contributed by atoms with Gasteiger partial charge in [-0.05, 0) is 18.8 Å². The van der Waals surface area contributed by atoms with Crippen LogP contribution in [0.5, 0.6) is 0 Å². The van der Waals surface area contributed by atoms with Gasteiger partial charge in [-0.3, -0.25) is 4.79 Å². The highest BCUT2D eigenvalue weighted by atomic mass is 35.5. The van der Waals surface area contributed by atoms with E-state index >= 15 is 0 Å². The molecule has 0 aliphatic heterocycles. The summed E-state index contributed by atoms with van der Waals surface area (Å²) >= 11 is 11.4. The predicted molar refractivity (Wildman–Crippen MR) is 69.2 cm³/mol. The maximum Gasteiger partial charge on any atom is 0.222 e. The summed E-state index contributed by atoms with van der Waals surface area (Å²) in [5.74, 6) is 1.81. The fourth-order valence-electron chi connectivity index (χ4n) is 2.33. The highest BCUT2D eigenvalue weighted by Crippen LogP contribution is 2.26. The number of amides is 1. The minimum Gasteiger partial charge on any atom is -0.340 e. The number of rotatable bonds is 6. The molecule has 4 heteroatoms. The number of nitrogens with zero attached hydrogens (tertiary/aromatic N) is 1. The summed E-state index contributed by atoms with van der Waals surface area (Å²) in [5, 5.41) is 0. The Morgan fingerprint density at radius 3 is 2.12 bits per heavy atom. The molecule has 0 aromatic heterocycles. The summed E-state index contributed by atoms with van der Waals surface area (Å²) in [6.45, 7) is 1.25. The number of carbonyl (C=O) groups excluding carboxylic acids is 1. The monoisotopic (exact) mass is 265 g/mol. The summed E-state index contributed by atoms with van der Waals surface area (Å²) in [6.07, 6.45) is 7.00. The first-order chi connectivity index (χ1) is 7.77. The van der Waals surface area contributed by atoms with Crippen LogP contribution in [-0.4, -0.2) is 35.7 Å². The van der Waals surface area contributed by atoms with Crippen molar-refractivity contribution in [2.24, 2.45) is 5.92 Å². The average molecular weight is 266 g/mol. The number of hydrogen-bond acceptors (Lipinski definition) is 1. The van der Waals surface area contributed by atoms with Gasteiger partial charge in [-0.15, -0.1) is 23.2 Å². The predicted octanol–water partition coefficient (Wildman–Crippen LogP) is 3.26. The molecule has 0 radical (unpaired) electrons. The molecule has 1 rings (SSSR count). The first kappa shape index (κ1) is 14.1. The van der Waals surface area contributed by atoms with Crippen molar-refractivity contribution in [2.45, 2.75) is 38.5 Å². The van der Waals surface area contributed by atoms with Gasteiger partial charge in [0.2, 0.25) is 5.91 Å². The third kappa shape index (κ3) is 4.92. The molecule has 2 nitrogen and oxygen atoms in total. The highest BCUT2D eigenvalue weighted by molar-refractivity contribution is 6.18. The lowest BCUT2D eigenvalue weighted by atomic mass is 9.86. The third-order valence-electron chi connectivity index (χ3n) is 3.25. The van der Waals surface area contributed by atoms with Crippen LogP contribution >= 0.6 is 23.2 Å². The van der Waals surface area contributed by atoms with E-state index in [1.165, 1.54) is 32.1 Å². The lowest BCUT2D eigenvalue weighted by Gasteiger charge is -2.26. The van der Waals surface area contributed by atoms with Gasteiger partial charge >= 0.3 is 0 Å². The molecule has 16 heavy (non-hydrogen) atoms. The van der Waals surface area contributed by atoms with Gasteiger partial charge in [0.15, 0.2) is 0 Å². The molecule has 1 aliphatic rings.